The van der Waals surface area contributed by atoms with Crippen LogP contribution in [-0.4, -0.2) is 55.5 Å². The topological polar surface area (TPSA) is 58.6 Å². The second kappa shape index (κ2) is 7.40. The molecule has 1 fully saturated rings. The summed E-state index contributed by atoms with van der Waals surface area (Å²) in [4.78, 5) is 24.5. The summed E-state index contributed by atoms with van der Waals surface area (Å²) in [6.45, 7) is 6.84. The Hall–Kier alpha value is -0.940. The SMILES string of the molecule is CC(=O)NCCCC(C(C)=O)N1CCOCC1. The third-order valence-electron chi connectivity index (χ3n) is 2.98. The number of amides is 1. The van der Waals surface area contributed by atoms with Gasteiger partial charge in [-0.25, -0.2) is 0 Å². The molecule has 0 saturated carbocycles. The number of carbonyl (C=O) groups is 2. The largest absolute Gasteiger partial charge is 0.379 e. The number of morpholine rings is 1. The molecule has 1 rings (SSSR count). The molecule has 1 aliphatic rings. The van der Waals surface area contributed by atoms with Crippen molar-refractivity contribution in [1.82, 2.24) is 10.2 Å². The van der Waals surface area contributed by atoms with Gasteiger partial charge in [-0.05, 0) is 19.8 Å². The summed E-state index contributed by atoms with van der Waals surface area (Å²) in [6.07, 6.45) is 1.64. The molecule has 17 heavy (non-hydrogen) atoms. The summed E-state index contributed by atoms with van der Waals surface area (Å²) < 4.78 is 5.28. The van der Waals surface area contributed by atoms with Crippen LogP contribution in [0.3, 0.4) is 0 Å². The maximum absolute atomic E-state index is 11.6. The van der Waals surface area contributed by atoms with Crippen LogP contribution in [0.25, 0.3) is 0 Å². The Balaban J connectivity index is 2.32. The summed E-state index contributed by atoms with van der Waals surface area (Å²) in [5.41, 5.74) is 0. The van der Waals surface area contributed by atoms with Crippen molar-refractivity contribution in [2.75, 3.05) is 32.8 Å². The third kappa shape index (κ3) is 5.28. The number of carbonyl (C=O) groups excluding carboxylic acids is 2. The lowest BCUT2D eigenvalue weighted by Gasteiger charge is -2.33. The van der Waals surface area contributed by atoms with Gasteiger partial charge in [0.15, 0.2) is 0 Å². The summed E-state index contributed by atoms with van der Waals surface area (Å²) in [6, 6.07) is -0.0207. The molecule has 1 amide bonds. The Morgan fingerprint density at radius 1 is 1.29 bits per heavy atom. The highest BCUT2D eigenvalue weighted by atomic mass is 16.5. The third-order valence-corrected chi connectivity index (χ3v) is 2.98. The number of rotatable bonds is 6. The first kappa shape index (κ1) is 14.1. The van der Waals surface area contributed by atoms with Crippen LogP contribution in [-0.2, 0) is 14.3 Å². The van der Waals surface area contributed by atoms with Gasteiger partial charge in [-0.3, -0.25) is 14.5 Å². The normalized spacial score (nSPS) is 18.7. The van der Waals surface area contributed by atoms with Crippen LogP contribution in [0.1, 0.15) is 26.7 Å². The van der Waals surface area contributed by atoms with E-state index in [-0.39, 0.29) is 17.7 Å². The standard InChI is InChI=1S/C12H22N2O3/c1-10(15)12(4-3-5-13-11(2)16)14-6-8-17-9-7-14/h12H,3-9H2,1-2H3,(H,13,16). The molecule has 5 nitrogen and oxygen atoms in total. The Bertz CT molecular complexity index is 262. The molecule has 0 aliphatic carbocycles. The molecule has 1 aliphatic heterocycles. The Morgan fingerprint density at radius 3 is 2.47 bits per heavy atom. The van der Waals surface area contributed by atoms with Gasteiger partial charge in [0, 0.05) is 26.6 Å². The van der Waals surface area contributed by atoms with Gasteiger partial charge in [0.1, 0.15) is 5.78 Å². The number of nitrogens with one attached hydrogen (secondary N) is 1. The van der Waals surface area contributed by atoms with Gasteiger partial charge in [-0.1, -0.05) is 0 Å². The molecule has 0 aromatic carbocycles. The molecule has 0 bridgehead atoms. The predicted octanol–water partition coefficient (Wildman–Crippen LogP) is 0.193. The van der Waals surface area contributed by atoms with E-state index in [1.807, 2.05) is 0 Å². The predicted molar refractivity (Wildman–Crippen MR) is 64.8 cm³/mol. The molecule has 1 saturated heterocycles. The molecule has 0 spiro atoms. The van der Waals surface area contributed by atoms with Crippen molar-refractivity contribution in [3.63, 3.8) is 0 Å². The maximum Gasteiger partial charge on any atom is 0.216 e. The average molecular weight is 242 g/mol. The molecule has 0 radical (unpaired) electrons. The van der Waals surface area contributed by atoms with Gasteiger partial charge in [0.05, 0.1) is 19.3 Å². The van der Waals surface area contributed by atoms with Crippen LogP contribution >= 0.6 is 0 Å². The van der Waals surface area contributed by atoms with E-state index >= 15 is 0 Å². The number of hydrogen-bond donors (Lipinski definition) is 1. The molecule has 1 N–H and O–H groups in total. The van der Waals surface area contributed by atoms with Crippen LogP contribution in [0.15, 0.2) is 0 Å². The Morgan fingerprint density at radius 2 is 1.94 bits per heavy atom. The highest BCUT2D eigenvalue weighted by Crippen LogP contribution is 2.10. The van der Waals surface area contributed by atoms with Crippen molar-refractivity contribution >= 4 is 11.7 Å². The van der Waals surface area contributed by atoms with E-state index in [4.69, 9.17) is 4.74 Å². The second-order valence-electron chi connectivity index (χ2n) is 4.40. The zero-order valence-electron chi connectivity index (χ0n) is 10.7. The second-order valence-corrected chi connectivity index (χ2v) is 4.40. The van der Waals surface area contributed by atoms with E-state index in [1.165, 1.54) is 6.92 Å². The molecule has 5 heteroatoms. The fourth-order valence-electron chi connectivity index (χ4n) is 2.09. The van der Waals surface area contributed by atoms with E-state index in [1.54, 1.807) is 6.92 Å². The Labute approximate surface area is 102 Å². The van der Waals surface area contributed by atoms with Gasteiger partial charge in [0.2, 0.25) is 5.91 Å². The summed E-state index contributed by atoms with van der Waals surface area (Å²) in [5.74, 6) is 0.186. The van der Waals surface area contributed by atoms with E-state index in [0.717, 1.165) is 25.9 Å². The summed E-state index contributed by atoms with van der Waals surface area (Å²) in [5, 5.41) is 2.75. The van der Waals surface area contributed by atoms with E-state index in [9.17, 15) is 9.59 Å². The van der Waals surface area contributed by atoms with Gasteiger partial charge in [0.25, 0.3) is 0 Å². The van der Waals surface area contributed by atoms with Gasteiger partial charge in [-0.15, -0.1) is 0 Å². The van der Waals surface area contributed by atoms with Gasteiger partial charge < -0.3 is 10.1 Å². The first-order valence-electron chi connectivity index (χ1n) is 6.18. The number of ether oxygens (including phenoxy) is 1. The highest BCUT2D eigenvalue weighted by Gasteiger charge is 2.23. The van der Waals surface area contributed by atoms with Crippen molar-refractivity contribution in [2.24, 2.45) is 0 Å². The van der Waals surface area contributed by atoms with Crippen LogP contribution in [0.4, 0.5) is 0 Å². The molecule has 98 valence electrons. The number of nitrogens with zero attached hydrogens (tertiary/aromatic N) is 1. The molecule has 1 atom stereocenters. The number of Topliss-reactive ketones (excluding diaryl/α,β-unsaturated/α-hetero) is 1. The maximum atomic E-state index is 11.6. The fourth-order valence-corrected chi connectivity index (χ4v) is 2.09. The van der Waals surface area contributed by atoms with Crippen LogP contribution in [0.2, 0.25) is 0 Å². The smallest absolute Gasteiger partial charge is 0.216 e. The number of ketones is 1. The highest BCUT2D eigenvalue weighted by molar-refractivity contribution is 5.81. The molecular formula is C12H22N2O3. The van der Waals surface area contributed by atoms with Gasteiger partial charge in [-0.2, -0.15) is 0 Å². The van der Waals surface area contributed by atoms with Crippen molar-refractivity contribution in [1.29, 1.82) is 0 Å². The van der Waals surface area contributed by atoms with E-state index in [2.05, 4.69) is 10.2 Å². The van der Waals surface area contributed by atoms with Crippen LogP contribution < -0.4 is 5.32 Å². The zero-order chi connectivity index (χ0) is 12.7. The zero-order valence-corrected chi connectivity index (χ0v) is 10.7. The fraction of sp³-hybridized carbons (Fsp3) is 0.833. The molecule has 1 unspecified atom stereocenters. The minimum atomic E-state index is -0.0207. The van der Waals surface area contributed by atoms with Crippen molar-refractivity contribution in [2.45, 2.75) is 32.7 Å². The number of hydrogen-bond acceptors (Lipinski definition) is 4. The quantitative estimate of drug-likeness (QED) is 0.676. The molecular weight excluding hydrogens is 220 g/mol. The first-order valence-corrected chi connectivity index (χ1v) is 6.18. The lowest BCUT2D eigenvalue weighted by Crippen LogP contribution is -2.47. The van der Waals surface area contributed by atoms with Crippen molar-refractivity contribution in [3.05, 3.63) is 0 Å². The van der Waals surface area contributed by atoms with Gasteiger partial charge >= 0.3 is 0 Å². The molecule has 1 heterocycles. The lowest BCUT2D eigenvalue weighted by atomic mass is 10.1. The van der Waals surface area contributed by atoms with Crippen molar-refractivity contribution < 1.29 is 14.3 Å². The van der Waals surface area contributed by atoms with Crippen LogP contribution in [0.5, 0.6) is 0 Å². The monoisotopic (exact) mass is 242 g/mol. The summed E-state index contributed by atoms with van der Waals surface area (Å²) >= 11 is 0. The molecule has 0 aromatic heterocycles. The lowest BCUT2D eigenvalue weighted by molar-refractivity contribution is -0.124. The minimum absolute atomic E-state index is 0.0178. The van der Waals surface area contributed by atoms with Crippen molar-refractivity contribution in [3.8, 4) is 0 Å². The molecule has 0 aromatic rings. The Kier molecular flexibility index (Phi) is 6.15. The summed E-state index contributed by atoms with van der Waals surface area (Å²) in [7, 11) is 0. The minimum Gasteiger partial charge on any atom is -0.379 e. The van der Waals surface area contributed by atoms with E-state index < -0.39 is 0 Å². The average Bonchev–Trinajstić information content (AvgIpc) is 2.29. The van der Waals surface area contributed by atoms with Crippen LogP contribution in [0, 0.1) is 0 Å². The van der Waals surface area contributed by atoms with E-state index in [0.29, 0.717) is 19.8 Å². The first-order chi connectivity index (χ1) is 8.11.